The molecule has 0 heterocycles. The molecule has 0 saturated heterocycles. The molecule has 0 unspecified atom stereocenters. The van der Waals surface area contributed by atoms with E-state index in [9.17, 15) is 22.8 Å². The number of sulfonamides is 1. The highest BCUT2D eigenvalue weighted by molar-refractivity contribution is 7.92. The molecule has 1 N–H and O–H groups in total. The van der Waals surface area contributed by atoms with Crippen molar-refractivity contribution >= 4 is 39.2 Å². The zero-order valence-electron chi connectivity index (χ0n) is 19.5. The maximum absolute atomic E-state index is 12.8. The quantitative estimate of drug-likeness (QED) is 0.610. The molecule has 0 spiro atoms. The van der Waals surface area contributed by atoms with Gasteiger partial charge in [0.2, 0.25) is 15.9 Å². The Hall–Kier alpha value is -3.40. The van der Waals surface area contributed by atoms with Gasteiger partial charge in [0.1, 0.15) is 6.54 Å². The molecule has 2 aromatic carbocycles. The Balaban J connectivity index is 2.36. The standard InChI is InChI=1S/C23H28N2O7S/c1-23(2,3)16-8-10-17(11-9-16)25(33(6,29)30)14-20(26)24-19-13-15(21(27)31-4)7-12-18(19)22(28)32-5/h7-13H,14H2,1-6H3,(H,24,26). The second kappa shape index (κ2) is 10.0. The SMILES string of the molecule is COC(=O)c1ccc(C(=O)OC)c(NC(=O)CN(c2ccc(C(C)(C)C)cc2)S(C)(=O)=O)c1. The Morgan fingerprint density at radius 1 is 0.939 bits per heavy atom. The highest BCUT2D eigenvalue weighted by Gasteiger charge is 2.24. The molecule has 9 nitrogen and oxygen atoms in total. The molecule has 10 heteroatoms. The van der Waals surface area contributed by atoms with Crippen LogP contribution in [0.1, 0.15) is 47.1 Å². The Morgan fingerprint density at radius 3 is 2.00 bits per heavy atom. The molecule has 0 aromatic heterocycles. The number of carbonyl (C=O) groups excluding carboxylic acids is 3. The number of ether oxygens (including phenoxy) is 2. The van der Waals surface area contributed by atoms with Gasteiger partial charge in [0.25, 0.3) is 0 Å². The van der Waals surface area contributed by atoms with Gasteiger partial charge in [-0.15, -0.1) is 0 Å². The lowest BCUT2D eigenvalue weighted by atomic mass is 9.87. The van der Waals surface area contributed by atoms with E-state index in [4.69, 9.17) is 4.74 Å². The average molecular weight is 477 g/mol. The minimum atomic E-state index is -3.80. The van der Waals surface area contributed by atoms with Gasteiger partial charge in [0, 0.05) is 0 Å². The van der Waals surface area contributed by atoms with E-state index in [1.807, 2.05) is 20.8 Å². The average Bonchev–Trinajstić information content (AvgIpc) is 2.75. The van der Waals surface area contributed by atoms with Crippen LogP contribution in [0.15, 0.2) is 42.5 Å². The van der Waals surface area contributed by atoms with Crippen LogP contribution in [0.3, 0.4) is 0 Å². The van der Waals surface area contributed by atoms with Crippen LogP contribution in [-0.2, 0) is 29.7 Å². The van der Waals surface area contributed by atoms with Crippen molar-refractivity contribution in [2.75, 3.05) is 36.6 Å². The normalized spacial score (nSPS) is 11.5. The van der Waals surface area contributed by atoms with Crippen LogP contribution in [0.2, 0.25) is 0 Å². The summed E-state index contributed by atoms with van der Waals surface area (Å²) in [7, 11) is -1.43. The van der Waals surface area contributed by atoms with E-state index in [-0.39, 0.29) is 22.2 Å². The fraction of sp³-hybridized carbons (Fsp3) is 0.348. The minimum absolute atomic E-state index is 0.000983. The van der Waals surface area contributed by atoms with Gasteiger partial charge in [-0.3, -0.25) is 9.10 Å². The van der Waals surface area contributed by atoms with Crippen molar-refractivity contribution in [1.82, 2.24) is 0 Å². The smallest absolute Gasteiger partial charge is 0.339 e. The molecule has 178 valence electrons. The zero-order chi connectivity index (χ0) is 25.0. The van der Waals surface area contributed by atoms with Crippen molar-refractivity contribution in [2.24, 2.45) is 0 Å². The Bertz CT molecular complexity index is 1150. The van der Waals surface area contributed by atoms with Crippen molar-refractivity contribution in [3.63, 3.8) is 0 Å². The summed E-state index contributed by atoms with van der Waals surface area (Å²) in [6, 6.07) is 10.8. The summed E-state index contributed by atoms with van der Waals surface area (Å²) in [5.41, 5.74) is 1.29. The first-order valence-electron chi connectivity index (χ1n) is 9.96. The van der Waals surface area contributed by atoms with Gasteiger partial charge < -0.3 is 14.8 Å². The number of nitrogens with zero attached hydrogens (tertiary/aromatic N) is 1. The fourth-order valence-corrected chi connectivity index (χ4v) is 3.88. The molecular formula is C23H28N2O7S. The van der Waals surface area contributed by atoms with E-state index in [1.54, 1.807) is 24.3 Å². The van der Waals surface area contributed by atoms with Crippen LogP contribution in [0, 0.1) is 0 Å². The lowest BCUT2D eigenvalue weighted by Gasteiger charge is -2.24. The monoisotopic (exact) mass is 476 g/mol. The van der Waals surface area contributed by atoms with Gasteiger partial charge in [-0.25, -0.2) is 18.0 Å². The predicted molar refractivity (Wildman–Crippen MR) is 125 cm³/mol. The molecular weight excluding hydrogens is 448 g/mol. The first-order chi connectivity index (χ1) is 15.3. The van der Waals surface area contributed by atoms with Crippen molar-refractivity contribution in [1.29, 1.82) is 0 Å². The van der Waals surface area contributed by atoms with Crippen molar-refractivity contribution in [3.05, 3.63) is 59.2 Å². The maximum atomic E-state index is 12.8. The molecule has 2 aromatic rings. The Morgan fingerprint density at radius 2 is 1.52 bits per heavy atom. The summed E-state index contributed by atoms with van der Waals surface area (Å²) in [4.78, 5) is 36.7. The van der Waals surface area contributed by atoms with Gasteiger partial charge in [0.15, 0.2) is 0 Å². The Kier molecular flexibility index (Phi) is 7.86. The van der Waals surface area contributed by atoms with Crippen molar-refractivity contribution in [2.45, 2.75) is 26.2 Å². The van der Waals surface area contributed by atoms with Crippen LogP contribution < -0.4 is 9.62 Å². The number of nitrogens with one attached hydrogen (secondary N) is 1. The molecule has 0 atom stereocenters. The van der Waals surface area contributed by atoms with Gasteiger partial charge in [0.05, 0.1) is 43.0 Å². The molecule has 2 rings (SSSR count). The number of hydrogen-bond donors (Lipinski definition) is 1. The van der Waals surface area contributed by atoms with E-state index >= 15 is 0 Å². The second-order valence-electron chi connectivity index (χ2n) is 8.36. The lowest BCUT2D eigenvalue weighted by Crippen LogP contribution is -2.37. The number of hydrogen-bond acceptors (Lipinski definition) is 7. The number of benzene rings is 2. The molecule has 33 heavy (non-hydrogen) atoms. The van der Waals surface area contributed by atoms with Crippen LogP contribution in [0.4, 0.5) is 11.4 Å². The van der Waals surface area contributed by atoms with Gasteiger partial charge in [-0.05, 0) is 41.3 Å². The van der Waals surface area contributed by atoms with Crippen LogP contribution >= 0.6 is 0 Å². The fourth-order valence-electron chi connectivity index (χ4n) is 3.03. The Labute approximate surface area is 193 Å². The summed E-state index contributed by atoms with van der Waals surface area (Å²) in [6.45, 7) is 5.55. The van der Waals surface area contributed by atoms with Crippen molar-refractivity contribution < 1.29 is 32.3 Å². The molecule has 0 radical (unpaired) electrons. The third-order valence-corrected chi connectivity index (χ3v) is 5.97. The number of anilines is 2. The summed E-state index contributed by atoms with van der Waals surface area (Å²) >= 11 is 0. The largest absolute Gasteiger partial charge is 0.465 e. The summed E-state index contributed by atoms with van der Waals surface area (Å²) in [6.07, 6.45) is 0.996. The van der Waals surface area contributed by atoms with Crippen LogP contribution in [-0.4, -0.2) is 53.3 Å². The lowest BCUT2D eigenvalue weighted by molar-refractivity contribution is -0.114. The number of esters is 2. The number of carbonyl (C=O) groups is 3. The maximum Gasteiger partial charge on any atom is 0.339 e. The topological polar surface area (TPSA) is 119 Å². The number of methoxy groups -OCH3 is 2. The number of amides is 1. The molecule has 1 amide bonds. The van der Waals surface area contributed by atoms with Crippen molar-refractivity contribution in [3.8, 4) is 0 Å². The summed E-state index contributed by atoms with van der Waals surface area (Å²) in [5, 5.41) is 2.50. The predicted octanol–water partition coefficient (Wildman–Crippen LogP) is 2.96. The van der Waals surface area contributed by atoms with E-state index in [1.165, 1.54) is 32.4 Å². The molecule has 0 aliphatic heterocycles. The zero-order valence-corrected chi connectivity index (χ0v) is 20.3. The minimum Gasteiger partial charge on any atom is -0.465 e. The van der Waals surface area contributed by atoms with Crippen LogP contribution in [0.25, 0.3) is 0 Å². The highest BCUT2D eigenvalue weighted by Crippen LogP contribution is 2.26. The van der Waals surface area contributed by atoms with Crippen LogP contribution in [0.5, 0.6) is 0 Å². The highest BCUT2D eigenvalue weighted by atomic mass is 32.2. The summed E-state index contributed by atoms with van der Waals surface area (Å²) < 4.78 is 35.2. The molecule has 0 aliphatic carbocycles. The van der Waals surface area contributed by atoms with E-state index < -0.39 is 34.4 Å². The molecule has 0 aliphatic rings. The first-order valence-corrected chi connectivity index (χ1v) is 11.8. The first kappa shape index (κ1) is 25.9. The van der Waals surface area contributed by atoms with Gasteiger partial charge in [-0.1, -0.05) is 32.9 Å². The molecule has 0 saturated carbocycles. The third-order valence-electron chi connectivity index (χ3n) is 4.83. The van der Waals surface area contributed by atoms with Gasteiger partial charge >= 0.3 is 11.9 Å². The van der Waals surface area contributed by atoms with E-state index in [0.29, 0.717) is 5.69 Å². The second-order valence-corrected chi connectivity index (χ2v) is 10.3. The molecule has 0 fully saturated rings. The van der Waals surface area contributed by atoms with E-state index in [0.717, 1.165) is 16.1 Å². The summed E-state index contributed by atoms with van der Waals surface area (Å²) in [5.74, 6) is -2.12. The van der Waals surface area contributed by atoms with E-state index in [2.05, 4.69) is 10.1 Å². The molecule has 0 bridgehead atoms. The number of rotatable bonds is 7. The third kappa shape index (κ3) is 6.55. The van der Waals surface area contributed by atoms with Gasteiger partial charge in [-0.2, -0.15) is 0 Å².